The number of rotatable bonds is 1. The van der Waals surface area contributed by atoms with Gasteiger partial charge in [0.2, 0.25) is 0 Å². The average Bonchev–Trinajstić information content (AvgIpc) is 3.03. The summed E-state index contributed by atoms with van der Waals surface area (Å²) in [7, 11) is 0. The Kier molecular flexibility index (Phi) is 3.11. The second-order valence-electron chi connectivity index (χ2n) is 6.18. The van der Waals surface area contributed by atoms with Crippen molar-refractivity contribution in [2.45, 2.75) is 45.3 Å². The van der Waals surface area contributed by atoms with E-state index in [1.54, 1.807) is 0 Å². The third-order valence-electron chi connectivity index (χ3n) is 4.58. The number of nitrogens with zero attached hydrogens (tertiary/aromatic N) is 2. The maximum Gasteiger partial charge on any atom is 0.150 e. The molecule has 1 aliphatic heterocycles. The van der Waals surface area contributed by atoms with E-state index in [-0.39, 0.29) is 6.23 Å². The lowest BCUT2D eigenvalue weighted by molar-refractivity contribution is -0.0366. The Labute approximate surface area is 127 Å². The fourth-order valence-corrected chi connectivity index (χ4v) is 4.31. The minimum Gasteiger partial charge on any atom is -0.356 e. The van der Waals surface area contributed by atoms with Crippen LogP contribution in [0, 0.1) is 5.92 Å². The molecule has 3 nitrogen and oxygen atoms in total. The first-order valence-corrected chi connectivity index (χ1v) is 8.32. The zero-order valence-electron chi connectivity index (χ0n) is 11.7. The summed E-state index contributed by atoms with van der Waals surface area (Å²) in [5, 5.41) is 5.83. The van der Waals surface area contributed by atoms with Gasteiger partial charge >= 0.3 is 0 Å². The van der Waals surface area contributed by atoms with Crippen molar-refractivity contribution in [3.8, 4) is 0 Å². The summed E-state index contributed by atoms with van der Waals surface area (Å²) >= 11 is 3.80. The molecule has 2 aliphatic rings. The maximum absolute atomic E-state index is 5.90. The second kappa shape index (κ2) is 4.85. The van der Waals surface area contributed by atoms with Crippen LogP contribution < -0.4 is 0 Å². The van der Waals surface area contributed by atoms with Gasteiger partial charge in [0.1, 0.15) is 0 Å². The SMILES string of the molecule is CC1Cc2cc3c(cnn3C3CCCCO3)c(Br)c2C1. The smallest absolute Gasteiger partial charge is 0.150 e. The van der Waals surface area contributed by atoms with Crippen LogP contribution in [0.2, 0.25) is 0 Å². The molecular weight excluding hydrogens is 316 g/mol. The summed E-state index contributed by atoms with van der Waals surface area (Å²) in [5.41, 5.74) is 4.18. The Morgan fingerprint density at radius 2 is 2.25 bits per heavy atom. The van der Waals surface area contributed by atoms with Crippen molar-refractivity contribution in [1.29, 1.82) is 0 Å². The third kappa shape index (κ3) is 1.92. The number of hydrogen-bond donors (Lipinski definition) is 0. The second-order valence-corrected chi connectivity index (χ2v) is 6.98. The summed E-state index contributed by atoms with van der Waals surface area (Å²) in [6.07, 6.45) is 7.94. The Morgan fingerprint density at radius 3 is 3.05 bits per heavy atom. The zero-order valence-corrected chi connectivity index (χ0v) is 13.3. The highest BCUT2D eigenvalue weighted by Gasteiger charge is 2.25. The van der Waals surface area contributed by atoms with Crippen molar-refractivity contribution >= 4 is 26.8 Å². The molecule has 0 radical (unpaired) electrons. The lowest BCUT2D eigenvalue weighted by Gasteiger charge is -2.23. The van der Waals surface area contributed by atoms with Crippen LogP contribution in [-0.2, 0) is 17.6 Å². The quantitative estimate of drug-likeness (QED) is 0.780. The molecule has 0 bridgehead atoms. The molecule has 2 heterocycles. The fourth-order valence-electron chi connectivity index (χ4n) is 3.59. The topological polar surface area (TPSA) is 27.1 Å². The molecule has 2 unspecified atom stereocenters. The number of halogens is 1. The third-order valence-corrected chi connectivity index (χ3v) is 5.49. The number of aromatic nitrogens is 2. The van der Waals surface area contributed by atoms with Crippen molar-refractivity contribution in [3.05, 3.63) is 27.9 Å². The lowest BCUT2D eigenvalue weighted by atomic mass is 10.1. The normalized spacial score (nSPS) is 26.1. The molecule has 1 fully saturated rings. The highest BCUT2D eigenvalue weighted by molar-refractivity contribution is 9.10. The molecule has 0 saturated carbocycles. The molecule has 2 aromatic rings. The van der Waals surface area contributed by atoms with E-state index in [0.717, 1.165) is 18.9 Å². The summed E-state index contributed by atoms with van der Waals surface area (Å²) in [4.78, 5) is 0. The molecule has 1 aliphatic carbocycles. The maximum atomic E-state index is 5.90. The van der Waals surface area contributed by atoms with Gasteiger partial charge in [-0.1, -0.05) is 6.92 Å². The largest absolute Gasteiger partial charge is 0.356 e. The minimum absolute atomic E-state index is 0.116. The molecule has 1 aromatic carbocycles. The minimum atomic E-state index is 0.116. The van der Waals surface area contributed by atoms with E-state index in [1.165, 1.54) is 52.2 Å². The van der Waals surface area contributed by atoms with E-state index in [9.17, 15) is 0 Å². The monoisotopic (exact) mass is 334 g/mol. The summed E-state index contributed by atoms with van der Waals surface area (Å²) in [5.74, 6) is 0.750. The van der Waals surface area contributed by atoms with Crippen LogP contribution in [0.4, 0.5) is 0 Å². The number of hydrogen-bond acceptors (Lipinski definition) is 2. The number of benzene rings is 1. The van der Waals surface area contributed by atoms with E-state index >= 15 is 0 Å². The van der Waals surface area contributed by atoms with E-state index in [0.29, 0.717) is 0 Å². The van der Waals surface area contributed by atoms with Gasteiger partial charge in [0, 0.05) is 16.5 Å². The van der Waals surface area contributed by atoms with Crippen LogP contribution in [0.1, 0.15) is 43.5 Å². The Balaban J connectivity index is 1.84. The molecule has 1 saturated heterocycles. The highest BCUT2D eigenvalue weighted by Crippen LogP contribution is 2.39. The Hall–Kier alpha value is -0.870. The Morgan fingerprint density at radius 1 is 1.35 bits per heavy atom. The first kappa shape index (κ1) is 12.8. The molecule has 106 valence electrons. The van der Waals surface area contributed by atoms with Crippen LogP contribution in [0.25, 0.3) is 10.9 Å². The van der Waals surface area contributed by atoms with Crippen LogP contribution in [-0.4, -0.2) is 16.4 Å². The first-order chi connectivity index (χ1) is 9.74. The molecule has 0 N–H and O–H groups in total. The molecule has 4 heteroatoms. The van der Waals surface area contributed by atoms with Gasteiger partial charge in [0.25, 0.3) is 0 Å². The molecule has 4 rings (SSSR count). The van der Waals surface area contributed by atoms with Crippen molar-refractivity contribution in [1.82, 2.24) is 9.78 Å². The van der Waals surface area contributed by atoms with Gasteiger partial charge in [-0.15, -0.1) is 0 Å². The van der Waals surface area contributed by atoms with E-state index in [2.05, 4.69) is 38.7 Å². The van der Waals surface area contributed by atoms with Gasteiger partial charge in [-0.2, -0.15) is 5.10 Å². The molecule has 20 heavy (non-hydrogen) atoms. The van der Waals surface area contributed by atoms with Gasteiger partial charge in [0.15, 0.2) is 6.23 Å². The highest BCUT2D eigenvalue weighted by atomic mass is 79.9. The van der Waals surface area contributed by atoms with Gasteiger partial charge in [-0.05, 0) is 71.1 Å². The van der Waals surface area contributed by atoms with Crippen molar-refractivity contribution < 1.29 is 4.74 Å². The molecule has 2 atom stereocenters. The summed E-state index contributed by atoms with van der Waals surface area (Å²) in [6.45, 7) is 3.18. The van der Waals surface area contributed by atoms with Crippen molar-refractivity contribution in [3.63, 3.8) is 0 Å². The van der Waals surface area contributed by atoms with Crippen LogP contribution in [0.15, 0.2) is 16.7 Å². The summed E-state index contributed by atoms with van der Waals surface area (Å²) < 4.78 is 9.23. The van der Waals surface area contributed by atoms with Gasteiger partial charge in [0.05, 0.1) is 11.7 Å². The lowest BCUT2D eigenvalue weighted by Crippen LogP contribution is -2.19. The number of ether oxygens (including phenoxy) is 1. The zero-order chi connectivity index (χ0) is 13.7. The Bertz CT molecular complexity index is 658. The molecule has 0 spiro atoms. The standard InChI is InChI=1S/C16H19BrN2O/c1-10-6-11-8-14-13(16(17)12(11)7-10)9-18-19(14)15-4-2-3-5-20-15/h8-10,15H,2-7H2,1H3. The van der Waals surface area contributed by atoms with Crippen LogP contribution in [0.3, 0.4) is 0 Å². The van der Waals surface area contributed by atoms with E-state index in [4.69, 9.17) is 4.74 Å². The molecule has 1 aromatic heterocycles. The van der Waals surface area contributed by atoms with Crippen molar-refractivity contribution in [2.24, 2.45) is 5.92 Å². The fraction of sp³-hybridized carbons (Fsp3) is 0.562. The average molecular weight is 335 g/mol. The molecule has 0 amide bonds. The van der Waals surface area contributed by atoms with Crippen molar-refractivity contribution in [2.75, 3.05) is 6.61 Å². The molecular formula is C16H19BrN2O. The van der Waals surface area contributed by atoms with Gasteiger partial charge < -0.3 is 4.74 Å². The summed E-state index contributed by atoms with van der Waals surface area (Å²) in [6, 6.07) is 2.34. The number of fused-ring (bicyclic) bond motifs is 2. The predicted octanol–water partition coefficient (Wildman–Crippen LogP) is 4.23. The van der Waals surface area contributed by atoms with Crippen LogP contribution in [0.5, 0.6) is 0 Å². The predicted molar refractivity (Wildman–Crippen MR) is 82.8 cm³/mol. The van der Waals surface area contributed by atoms with E-state index in [1.807, 2.05) is 6.20 Å². The van der Waals surface area contributed by atoms with Gasteiger partial charge in [-0.3, -0.25) is 0 Å². The first-order valence-electron chi connectivity index (χ1n) is 7.53. The van der Waals surface area contributed by atoms with E-state index < -0.39 is 0 Å². The van der Waals surface area contributed by atoms with Gasteiger partial charge in [-0.25, -0.2) is 4.68 Å². The van der Waals surface area contributed by atoms with Crippen LogP contribution >= 0.6 is 15.9 Å².